The smallest absolute Gasteiger partial charge is 0.122 e. The first-order valence-electron chi connectivity index (χ1n) is 15.5. The summed E-state index contributed by atoms with van der Waals surface area (Å²) in [6.07, 6.45) is 3.94. The lowest BCUT2D eigenvalue weighted by Crippen LogP contribution is -2.17. The van der Waals surface area contributed by atoms with E-state index in [0.717, 1.165) is 77.8 Å². The van der Waals surface area contributed by atoms with Crippen molar-refractivity contribution in [2.45, 2.75) is 53.6 Å². The monoisotopic (exact) mass is 611 g/mol. The van der Waals surface area contributed by atoms with Crippen LogP contribution in [0.3, 0.4) is 0 Å². The number of hydrogen-bond acceptors (Lipinski definition) is 4. The predicted molar refractivity (Wildman–Crippen MR) is 186 cm³/mol. The molecule has 44 heavy (non-hydrogen) atoms. The Hall–Kier alpha value is -3.77. The van der Waals surface area contributed by atoms with E-state index >= 15 is 0 Å². The molecule has 0 saturated heterocycles. The second-order valence-corrected chi connectivity index (χ2v) is 11.3. The highest BCUT2D eigenvalue weighted by molar-refractivity contribution is 6.31. The Labute approximate surface area is 268 Å². The molecule has 1 heterocycles. The molecule has 0 saturated carbocycles. The Morgan fingerprint density at radius 1 is 0.705 bits per heavy atom. The van der Waals surface area contributed by atoms with Gasteiger partial charge < -0.3 is 25.1 Å². The van der Waals surface area contributed by atoms with E-state index in [4.69, 9.17) is 21.1 Å². The summed E-state index contributed by atoms with van der Waals surface area (Å²) in [4.78, 5) is 3.37. The number of ether oxygens (including phenoxy) is 2. The van der Waals surface area contributed by atoms with Crippen LogP contribution >= 0.6 is 11.6 Å². The quantitative estimate of drug-likeness (QED) is 0.116. The zero-order valence-corrected chi connectivity index (χ0v) is 27.7. The SMILES string of the molecule is CC.COc1cc(CCNCc2cc(Cl)cc(-c3cc(C)cc(CNCCc4c[nH]c5ccccc45)c3)c2)c(OC)cc1C. The molecule has 0 radical (unpaired) electrons. The van der Waals surface area contributed by atoms with E-state index in [9.17, 15) is 0 Å². The minimum absolute atomic E-state index is 0.729. The van der Waals surface area contributed by atoms with Crippen molar-refractivity contribution < 1.29 is 9.47 Å². The molecular weight excluding hydrogens is 566 g/mol. The molecule has 6 heteroatoms. The molecule has 4 aromatic carbocycles. The number of rotatable bonds is 13. The molecule has 0 aliphatic heterocycles. The molecule has 0 amide bonds. The number of H-pyrrole nitrogens is 1. The molecule has 0 aliphatic carbocycles. The highest BCUT2D eigenvalue weighted by Gasteiger charge is 2.10. The van der Waals surface area contributed by atoms with Crippen LogP contribution in [-0.4, -0.2) is 32.3 Å². The molecular formula is C38H46ClN3O2. The molecule has 0 fully saturated rings. The van der Waals surface area contributed by atoms with Gasteiger partial charge in [-0.1, -0.05) is 61.3 Å². The number of methoxy groups -OCH3 is 2. The van der Waals surface area contributed by atoms with Crippen molar-refractivity contribution in [3.8, 4) is 22.6 Å². The van der Waals surface area contributed by atoms with Gasteiger partial charge in [-0.05, 0) is 121 Å². The van der Waals surface area contributed by atoms with E-state index in [1.54, 1.807) is 14.2 Å². The van der Waals surface area contributed by atoms with Crippen LogP contribution in [0, 0.1) is 13.8 Å². The van der Waals surface area contributed by atoms with Crippen LogP contribution in [0.2, 0.25) is 5.02 Å². The zero-order chi connectivity index (χ0) is 31.5. The first kappa shape index (κ1) is 33.1. The maximum atomic E-state index is 6.60. The maximum absolute atomic E-state index is 6.60. The summed E-state index contributed by atoms with van der Waals surface area (Å²) in [6.45, 7) is 11.5. The Balaban J connectivity index is 0.00000216. The summed E-state index contributed by atoms with van der Waals surface area (Å²) in [5.41, 5.74) is 10.7. The van der Waals surface area contributed by atoms with Crippen LogP contribution in [0.25, 0.3) is 22.0 Å². The Kier molecular flexibility index (Phi) is 12.3. The van der Waals surface area contributed by atoms with Gasteiger partial charge in [0.05, 0.1) is 14.2 Å². The van der Waals surface area contributed by atoms with Gasteiger partial charge in [0.1, 0.15) is 11.5 Å². The molecule has 232 valence electrons. The number of hydrogen-bond donors (Lipinski definition) is 3. The van der Waals surface area contributed by atoms with Crippen molar-refractivity contribution in [3.63, 3.8) is 0 Å². The lowest BCUT2D eigenvalue weighted by atomic mass is 9.98. The number of aromatic nitrogens is 1. The number of aryl methyl sites for hydroxylation is 2. The van der Waals surface area contributed by atoms with E-state index in [1.165, 1.54) is 33.2 Å². The number of halogens is 1. The highest BCUT2D eigenvalue weighted by Crippen LogP contribution is 2.29. The van der Waals surface area contributed by atoms with E-state index in [1.807, 2.05) is 32.9 Å². The van der Waals surface area contributed by atoms with E-state index in [2.05, 4.69) is 89.4 Å². The number of nitrogens with one attached hydrogen (secondary N) is 3. The lowest BCUT2D eigenvalue weighted by Gasteiger charge is -2.14. The second kappa shape index (κ2) is 16.3. The molecule has 0 aliphatic rings. The summed E-state index contributed by atoms with van der Waals surface area (Å²) in [5, 5.41) is 9.25. The molecule has 5 nitrogen and oxygen atoms in total. The topological polar surface area (TPSA) is 58.3 Å². The minimum atomic E-state index is 0.729. The van der Waals surface area contributed by atoms with Crippen LogP contribution in [0.4, 0.5) is 0 Å². The summed E-state index contributed by atoms with van der Waals surface area (Å²) in [7, 11) is 3.41. The summed E-state index contributed by atoms with van der Waals surface area (Å²) in [6, 6.07) is 25.7. The average molecular weight is 612 g/mol. The standard InChI is InChI=1S/C36H40ClN3O2.C2H6/c1-24-13-26(21-39-12-10-29-23-40-34-8-6-5-7-33(29)34)16-30(14-24)31-17-27(18-32(37)19-31)22-38-11-9-28-20-35(41-3)25(2)15-36(28)42-4;1-2/h5-8,13-20,23,38-40H,9-12,21-22H2,1-4H3;1-2H3. The van der Waals surface area contributed by atoms with Crippen molar-refractivity contribution in [2.24, 2.45) is 0 Å². The van der Waals surface area contributed by atoms with Crippen molar-refractivity contribution in [2.75, 3.05) is 27.3 Å². The molecule has 5 rings (SSSR count). The summed E-state index contributed by atoms with van der Waals surface area (Å²) in [5.74, 6) is 1.77. The average Bonchev–Trinajstić information content (AvgIpc) is 3.45. The van der Waals surface area contributed by atoms with Gasteiger partial charge in [0.15, 0.2) is 0 Å². The normalized spacial score (nSPS) is 10.9. The summed E-state index contributed by atoms with van der Waals surface area (Å²) < 4.78 is 11.1. The zero-order valence-electron chi connectivity index (χ0n) is 26.9. The van der Waals surface area contributed by atoms with Crippen LogP contribution in [-0.2, 0) is 25.9 Å². The molecule has 1 aromatic heterocycles. The minimum Gasteiger partial charge on any atom is -0.496 e. The van der Waals surface area contributed by atoms with Crippen LogP contribution < -0.4 is 20.1 Å². The largest absolute Gasteiger partial charge is 0.496 e. The molecule has 0 atom stereocenters. The second-order valence-electron chi connectivity index (χ2n) is 10.9. The van der Waals surface area contributed by atoms with Crippen LogP contribution in [0.5, 0.6) is 11.5 Å². The lowest BCUT2D eigenvalue weighted by molar-refractivity contribution is 0.396. The van der Waals surface area contributed by atoms with Crippen LogP contribution in [0.1, 0.15) is 47.2 Å². The third-order valence-corrected chi connectivity index (χ3v) is 7.92. The number of para-hydroxylation sites is 1. The van der Waals surface area contributed by atoms with E-state index in [-0.39, 0.29) is 0 Å². The molecule has 3 N–H and O–H groups in total. The molecule has 5 aromatic rings. The number of benzene rings is 4. The maximum Gasteiger partial charge on any atom is 0.122 e. The van der Waals surface area contributed by atoms with E-state index < -0.39 is 0 Å². The summed E-state index contributed by atoms with van der Waals surface area (Å²) >= 11 is 6.60. The molecule has 0 bridgehead atoms. The predicted octanol–water partition coefficient (Wildman–Crippen LogP) is 8.81. The van der Waals surface area contributed by atoms with Gasteiger partial charge in [0.25, 0.3) is 0 Å². The molecule has 0 unspecified atom stereocenters. The third kappa shape index (κ3) is 8.66. The van der Waals surface area contributed by atoms with Gasteiger partial charge in [-0.25, -0.2) is 0 Å². The van der Waals surface area contributed by atoms with Crippen LogP contribution in [0.15, 0.2) is 79.0 Å². The Morgan fingerprint density at radius 3 is 2.05 bits per heavy atom. The Bertz CT molecular complexity index is 1660. The van der Waals surface area contributed by atoms with Crippen molar-refractivity contribution in [1.29, 1.82) is 0 Å². The van der Waals surface area contributed by atoms with Crippen molar-refractivity contribution in [3.05, 3.63) is 117 Å². The highest BCUT2D eigenvalue weighted by atomic mass is 35.5. The van der Waals surface area contributed by atoms with Crippen molar-refractivity contribution in [1.82, 2.24) is 15.6 Å². The molecule has 0 spiro atoms. The number of fused-ring (bicyclic) bond motifs is 1. The number of aromatic amines is 1. The van der Waals surface area contributed by atoms with Gasteiger partial charge in [0.2, 0.25) is 0 Å². The van der Waals surface area contributed by atoms with Crippen molar-refractivity contribution >= 4 is 22.5 Å². The Morgan fingerprint density at radius 2 is 1.34 bits per heavy atom. The first-order valence-corrected chi connectivity index (χ1v) is 15.9. The van der Waals surface area contributed by atoms with Gasteiger partial charge in [-0.2, -0.15) is 0 Å². The fourth-order valence-electron chi connectivity index (χ4n) is 5.61. The van der Waals surface area contributed by atoms with Gasteiger partial charge >= 0.3 is 0 Å². The first-order chi connectivity index (χ1) is 21.4. The van der Waals surface area contributed by atoms with Gasteiger partial charge in [-0.15, -0.1) is 0 Å². The fourth-order valence-corrected chi connectivity index (χ4v) is 5.87. The van der Waals surface area contributed by atoms with Gasteiger partial charge in [0, 0.05) is 35.2 Å². The third-order valence-electron chi connectivity index (χ3n) is 7.70. The fraction of sp³-hybridized carbons (Fsp3) is 0.316. The van der Waals surface area contributed by atoms with E-state index in [0.29, 0.717) is 0 Å². The van der Waals surface area contributed by atoms with Gasteiger partial charge in [-0.3, -0.25) is 0 Å².